The second-order valence-corrected chi connectivity index (χ2v) is 3.55. The van der Waals surface area contributed by atoms with Gasteiger partial charge in [-0.3, -0.25) is 10.1 Å². The molecule has 0 bridgehead atoms. The van der Waals surface area contributed by atoms with Gasteiger partial charge in [0, 0.05) is 12.5 Å². The summed E-state index contributed by atoms with van der Waals surface area (Å²) in [7, 11) is 0. The summed E-state index contributed by atoms with van der Waals surface area (Å²) in [5.74, 6) is -0.257. The van der Waals surface area contributed by atoms with Crippen molar-refractivity contribution in [3.05, 3.63) is 46.2 Å². The second-order valence-electron chi connectivity index (χ2n) is 3.55. The van der Waals surface area contributed by atoms with Crippen LogP contribution in [0.1, 0.15) is 6.42 Å². The molecule has 1 aromatic heterocycles. The minimum absolute atomic E-state index is 0.0752. The van der Waals surface area contributed by atoms with Gasteiger partial charge >= 0.3 is 18.1 Å². The van der Waals surface area contributed by atoms with Gasteiger partial charge in [0.25, 0.3) is 0 Å². The highest BCUT2D eigenvalue weighted by Gasteiger charge is 2.32. The van der Waals surface area contributed by atoms with Gasteiger partial charge in [0.2, 0.25) is 0 Å². The summed E-state index contributed by atoms with van der Waals surface area (Å²) in [4.78, 5) is 16.8. The fourth-order valence-electron chi connectivity index (χ4n) is 1.33. The standard InChI is InChI=1S/C10H6F3N3O4/c11-10(12,13)20-8-2-1-7(3-8)19-9-14-4-6(5-15-9)16(17)18/h2-5H,1H2. The van der Waals surface area contributed by atoms with Crippen molar-refractivity contribution in [2.24, 2.45) is 0 Å². The lowest BCUT2D eigenvalue weighted by Gasteiger charge is -2.07. The molecule has 0 unspecified atom stereocenters. The maximum Gasteiger partial charge on any atom is 0.573 e. The Kier molecular flexibility index (Phi) is 3.55. The van der Waals surface area contributed by atoms with Crippen LogP contribution in [0.3, 0.4) is 0 Å². The van der Waals surface area contributed by atoms with Crippen LogP contribution in [0.25, 0.3) is 0 Å². The maximum absolute atomic E-state index is 12.0. The summed E-state index contributed by atoms with van der Waals surface area (Å²) >= 11 is 0. The third-order valence-corrected chi connectivity index (χ3v) is 2.09. The Morgan fingerprint density at radius 1 is 1.30 bits per heavy atom. The molecule has 0 saturated carbocycles. The smallest absolute Gasteiger partial charge is 0.428 e. The Balaban J connectivity index is 1.98. The fourth-order valence-corrected chi connectivity index (χ4v) is 1.33. The monoisotopic (exact) mass is 289 g/mol. The Morgan fingerprint density at radius 3 is 2.50 bits per heavy atom. The molecule has 106 valence electrons. The molecule has 0 spiro atoms. The number of aromatic nitrogens is 2. The molecule has 1 heterocycles. The van der Waals surface area contributed by atoms with Crippen molar-refractivity contribution >= 4 is 5.69 Å². The predicted octanol–water partition coefficient (Wildman–Crippen LogP) is 2.47. The van der Waals surface area contributed by atoms with Crippen LogP contribution in [-0.2, 0) is 4.74 Å². The average molecular weight is 289 g/mol. The molecular weight excluding hydrogens is 283 g/mol. The van der Waals surface area contributed by atoms with Crippen LogP contribution in [0.5, 0.6) is 6.01 Å². The van der Waals surface area contributed by atoms with Gasteiger partial charge in [0.05, 0.1) is 4.92 Å². The number of nitrogens with zero attached hydrogens (tertiary/aromatic N) is 3. The molecule has 1 aromatic rings. The molecule has 20 heavy (non-hydrogen) atoms. The van der Waals surface area contributed by atoms with Crippen molar-refractivity contribution in [1.29, 1.82) is 0 Å². The molecule has 0 atom stereocenters. The topological polar surface area (TPSA) is 87.4 Å². The number of halogens is 3. The number of ether oxygens (including phenoxy) is 2. The first kappa shape index (κ1) is 13.8. The molecule has 2 rings (SSSR count). The van der Waals surface area contributed by atoms with Gasteiger partial charge in [-0.05, 0) is 6.08 Å². The average Bonchev–Trinajstić information content (AvgIpc) is 2.74. The highest BCUT2D eigenvalue weighted by atomic mass is 19.4. The minimum Gasteiger partial charge on any atom is -0.428 e. The quantitative estimate of drug-likeness (QED) is 0.625. The lowest BCUT2D eigenvalue weighted by Crippen LogP contribution is -2.11. The number of alkyl halides is 3. The van der Waals surface area contributed by atoms with E-state index in [2.05, 4.69) is 14.7 Å². The summed E-state index contributed by atoms with van der Waals surface area (Å²) in [6, 6.07) is -0.205. The van der Waals surface area contributed by atoms with Crippen molar-refractivity contribution in [2.75, 3.05) is 0 Å². The molecule has 0 N–H and O–H groups in total. The van der Waals surface area contributed by atoms with E-state index >= 15 is 0 Å². The summed E-state index contributed by atoms with van der Waals surface area (Å²) in [5, 5.41) is 10.4. The van der Waals surface area contributed by atoms with Gasteiger partial charge in [-0.2, -0.15) is 9.97 Å². The van der Waals surface area contributed by atoms with Crippen LogP contribution in [0.4, 0.5) is 18.9 Å². The van der Waals surface area contributed by atoms with Crippen LogP contribution in [0.15, 0.2) is 36.1 Å². The molecule has 0 aliphatic heterocycles. The predicted molar refractivity (Wildman–Crippen MR) is 57.2 cm³/mol. The van der Waals surface area contributed by atoms with Crippen LogP contribution >= 0.6 is 0 Å². The van der Waals surface area contributed by atoms with Crippen molar-refractivity contribution in [3.8, 4) is 6.01 Å². The van der Waals surface area contributed by atoms with Crippen molar-refractivity contribution in [1.82, 2.24) is 9.97 Å². The fraction of sp³-hybridized carbons (Fsp3) is 0.200. The van der Waals surface area contributed by atoms with E-state index in [4.69, 9.17) is 4.74 Å². The summed E-state index contributed by atoms with van der Waals surface area (Å²) in [5.41, 5.74) is -0.322. The largest absolute Gasteiger partial charge is 0.573 e. The Bertz CT molecular complexity index is 580. The van der Waals surface area contributed by atoms with Gasteiger partial charge in [0.15, 0.2) is 0 Å². The first-order valence-electron chi connectivity index (χ1n) is 5.14. The van der Waals surface area contributed by atoms with E-state index in [-0.39, 0.29) is 23.9 Å². The molecule has 10 heteroatoms. The first-order chi connectivity index (χ1) is 9.33. The lowest BCUT2D eigenvalue weighted by atomic mass is 10.4. The number of allylic oxidation sites excluding steroid dienone is 2. The van der Waals surface area contributed by atoms with Crippen molar-refractivity contribution in [2.45, 2.75) is 12.8 Å². The van der Waals surface area contributed by atoms with E-state index in [1.54, 1.807) is 0 Å². The van der Waals surface area contributed by atoms with Gasteiger partial charge < -0.3 is 9.47 Å². The first-order valence-corrected chi connectivity index (χ1v) is 5.14. The van der Waals surface area contributed by atoms with Crippen molar-refractivity contribution < 1.29 is 27.6 Å². The number of hydrogen-bond acceptors (Lipinski definition) is 6. The number of nitro groups is 1. The van der Waals surface area contributed by atoms with Crippen LogP contribution in [0, 0.1) is 10.1 Å². The van der Waals surface area contributed by atoms with Gasteiger partial charge in [-0.15, -0.1) is 13.2 Å². The highest BCUT2D eigenvalue weighted by molar-refractivity contribution is 5.28. The summed E-state index contributed by atoms with van der Waals surface area (Å²) < 4.78 is 44.6. The zero-order valence-electron chi connectivity index (χ0n) is 9.63. The Labute approximate surface area is 109 Å². The molecule has 0 saturated heterocycles. The van der Waals surface area contributed by atoms with E-state index in [1.165, 1.54) is 6.08 Å². The Morgan fingerprint density at radius 2 is 1.95 bits per heavy atom. The molecule has 0 radical (unpaired) electrons. The summed E-state index contributed by atoms with van der Waals surface area (Å²) in [6.45, 7) is 0. The minimum atomic E-state index is -4.78. The van der Waals surface area contributed by atoms with E-state index in [1.807, 2.05) is 0 Å². The normalized spacial score (nSPS) is 14.6. The van der Waals surface area contributed by atoms with Crippen molar-refractivity contribution in [3.63, 3.8) is 0 Å². The van der Waals surface area contributed by atoms with Crippen LogP contribution in [0.2, 0.25) is 0 Å². The van der Waals surface area contributed by atoms with Crippen LogP contribution < -0.4 is 4.74 Å². The van der Waals surface area contributed by atoms with E-state index in [0.717, 1.165) is 18.5 Å². The zero-order chi connectivity index (χ0) is 14.8. The summed E-state index contributed by atoms with van der Waals surface area (Å²) in [6.07, 6.45) is -0.628. The van der Waals surface area contributed by atoms with E-state index in [9.17, 15) is 23.3 Å². The third-order valence-electron chi connectivity index (χ3n) is 2.09. The van der Waals surface area contributed by atoms with Gasteiger partial charge in [-0.25, -0.2) is 0 Å². The zero-order valence-corrected chi connectivity index (χ0v) is 9.63. The SMILES string of the molecule is O=[N+]([O-])c1cnc(OC2=CC(OC(F)(F)F)=CC2)nc1. The molecule has 7 nitrogen and oxygen atoms in total. The molecule has 1 aliphatic rings. The molecule has 0 aromatic carbocycles. The highest BCUT2D eigenvalue weighted by Crippen LogP contribution is 2.27. The lowest BCUT2D eigenvalue weighted by molar-refractivity contribution is -0.385. The number of hydrogen-bond donors (Lipinski definition) is 0. The van der Waals surface area contributed by atoms with Gasteiger partial charge in [0.1, 0.15) is 23.9 Å². The third kappa shape index (κ3) is 3.67. The van der Waals surface area contributed by atoms with E-state index in [0.29, 0.717) is 0 Å². The van der Waals surface area contributed by atoms with E-state index < -0.39 is 17.0 Å². The molecule has 0 amide bonds. The maximum atomic E-state index is 12.0. The second kappa shape index (κ2) is 5.15. The number of rotatable bonds is 4. The molecule has 1 aliphatic carbocycles. The Hall–Kier alpha value is -2.65. The van der Waals surface area contributed by atoms with Crippen LogP contribution in [-0.4, -0.2) is 21.3 Å². The molecular formula is C10H6F3N3O4. The molecule has 0 fully saturated rings. The van der Waals surface area contributed by atoms with Gasteiger partial charge in [-0.1, -0.05) is 0 Å².